The Labute approximate surface area is 137 Å². The number of hydrogen-bond donors (Lipinski definition) is 2. The van der Waals surface area contributed by atoms with Crippen LogP contribution < -0.4 is 5.32 Å². The van der Waals surface area contributed by atoms with E-state index in [0.717, 1.165) is 10.0 Å². The summed E-state index contributed by atoms with van der Waals surface area (Å²) in [5, 5.41) is 12.6. The van der Waals surface area contributed by atoms with Crippen molar-refractivity contribution in [3.8, 4) is 5.75 Å². The second-order valence-corrected chi connectivity index (χ2v) is 5.90. The Morgan fingerprint density at radius 1 is 1.24 bits per heavy atom. The molecular formula is C16H15BrClNO2. The van der Waals surface area contributed by atoms with Gasteiger partial charge in [-0.3, -0.25) is 4.79 Å². The van der Waals surface area contributed by atoms with Crippen molar-refractivity contribution >= 4 is 33.4 Å². The molecule has 1 unspecified atom stereocenters. The topological polar surface area (TPSA) is 49.3 Å². The summed E-state index contributed by atoms with van der Waals surface area (Å²) in [6.07, 6.45) is 0.644. The molecule has 0 saturated heterocycles. The van der Waals surface area contributed by atoms with Gasteiger partial charge >= 0.3 is 0 Å². The third kappa shape index (κ3) is 4.48. The quantitative estimate of drug-likeness (QED) is 0.790. The molecule has 0 aromatic heterocycles. The van der Waals surface area contributed by atoms with Crippen LogP contribution >= 0.6 is 27.5 Å². The second-order valence-electron chi connectivity index (χ2n) is 4.68. The predicted molar refractivity (Wildman–Crippen MR) is 87.9 cm³/mol. The Bertz CT molecular complexity index is 619. The van der Waals surface area contributed by atoms with Crippen LogP contribution in [-0.2, 0) is 6.42 Å². The number of amides is 1. The van der Waals surface area contributed by atoms with Crippen molar-refractivity contribution in [1.82, 2.24) is 5.32 Å². The molecule has 0 bridgehead atoms. The predicted octanol–water partition coefficient (Wildman–Crippen LogP) is 3.73. The Balaban J connectivity index is 2.07. The Kier molecular flexibility index (Phi) is 5.65. The number of benzene rings is 2. The lowest BCUT2D eigenvalue weighted by Crippen LogP contribution is -2.37. The molecule has 2 aromatic carbocycles. The molecule has 2 rings (SSSR count). The van der Waals surface area contributed by atoms with E-state index in [1.54, 1.807) is 12.1 Å². The first-order valence-corrected chi connectivity index (χ1v) is 7.82. The number of aromatic hydroxyl groups is 1. The number of phenolic OH excluding ortho intramolecular Hbond substituents is 1. The third-order valence-electron chi connectivity index (χ3n) is 3.05. The third-order valence-corrected chi connectivity index (χ3v) is 3.92. The maximum Gasteiger partial charge on any atom is 0.255 e. The summed E-state index contributed by atoms with van der Waals surface area (Å²) >= 11 is 9.22. The van der Waals surface area contributed by atoms with Crippen molar-refractivity contribution in [2.24, 2.45) is 0 Å². The average Bonchev–Trinajstić information content (AvgIpc) is 2.50. The molecule has 2 aromatic rings. The monoisotopic (exact) mass is 367 g/mol. The van der Waals surface area contributed by atoms with Crippen molar-refractivity contribution in [1.29, 1.82) is 0 Å². The van der Waals surface area contributed by atoms with Crippen LogP contribution in [-0.4, -0.2) is 22.9 Å². The molecule has 1 amide bonds. The fourth-order valence-electron chi connectivity index (χ4n) is 2.00. The van der Waals surface area contributed by atoms with Gasteiger partial charge in [0.25, 0.3) is 5.91 Å². The minimum atomic E-state index is -0.338. The number of carbonyl (C=O) groups is 1. The fourth-order valence-corrected chi connectivity index (χ4v) is 2.54. The van der Waals surface area contributed by atoms with Crippen molar-refractivity contribution in [3.05, 3.63) is 64.1 Å². The highest BCUT2D eigenvalue weighted by Gasteiger charge is 2.16. The van der Waals surface area contributed by atoms with Crippen LogP contribution in [0.1, 0.15) is 15.9 Å². The highest BCUT2D eigenvalue weighted by atomic mass is 79.9. The van der Waals surface area contributed by atoms with Crippen LogP contribution in [0.2, 0.25) is 0 Å². The van der Waals surface area contributed by atoms with Gasteiger partial charge in [0, 0.05) is 16.4 Å². The molecule has 0 aliphatic heterocycles. The fraction of sp³-hybridized carbons (Fsp3) is 0.188. The molecule has 0 heterocycles. The number of carbonyl (C=O) groups excluding carboxylic acids is 1. The van der Waals surface area contributed by atoms with E-state index in [-0.39, 0.29) is 23.3 Å². The molecule has 0 saturated carbocycles. The second kappa shape index (κ2) is 7.48. The zero-order chi connectivity index (χ0) is 15.2. The van der Waals surface area contributed by atoms with Gasteiger partial charge in [-0.1, -0.05) is 46.3 Å². The van der Waals surface area contributed by atoms with Crippen LogP contribution in [0.25, 0.3) is 0 Å². The summed E-state index contributed by atoms with van der Waals surface area (Å²) in [5.74, 6) is -0.0887. The van der Waals surface area contributed by atoms with E-state index < -0.39 is 0 Å². The number of phenols is 1. The molecular weight excluding hydrogens is 354 g/mol. The van der Waals surface area contributed by atoms with Crippen LogP contribution in [0, 0.1) is 0 Å². The van der Waals surface area contributed by atoms with Gasteiger partial charge in [0.15, 0.2) is 0 Å². The van der Waals surface area contributed by atoms with Crippen molar-refractivity contribution < 1.29 is 9.90 Å². The molecule has 0 aliphatic carbocycles. The summed E-state index contributed by atoms with van der Waals surface area (Å²) in [7, 11) is 0. The summed E-state index contributed by atoms with van der Waals surface area (Å²) in [6, 6.07) is 14.4. The summed E-state index contributed by atoms with van der Waals surface area (Å²) < 4.78 is 0.732. The van der Waals surface area contributed by atoms with Gasteiger partial charge < -0.3 is 10.4 Å². The molecule has 1 atom stereocenters. The number of halogens is 2. The minimum absolute atomic E-state index is 0.0521. The summed E-state index contributed by atoms with van der Waals surface area (Å²) in [4.78, 5) is 12.2. The smallest absolute Gasteiger partial charge is 0.255 e. The zero-order valence-corrected chi connectivity index (χ0v) is 13.6. The lowest BCUT2D eigenvalue weighted by Gasteiger charge is -2.16. The number of nitrogens with one attached hydrogen (secondary N) is 1. The van der Waals surface area contributed by atoms with Gasteiger partial charge in [0.05, 0.1) is 5.56 Å². The van der Waals surface area contributed by atoms with E-state index in [2.05, 4.69) is 21.2 Å². The van der Waals surface area contributed by atoms with Gasteiger partial charge in [-0.25, -0.2) is 0 Å². The number of alkyl halides is 1. The van der Waals surface area contributed by atoms with Crippen molar-refractivity contribution in [2.75, 3.05) is 5.88 Å². The van der Waals surface area contributed by atoms with Crippen molar-refractivity contribution in [2.45, 2.75) is 12.5 Å². The van der Waals surface area contributed by atoms with E-state index in [1.165, 1.54) is 6.07 Å². The lowest BCUT2D eigenvalue weighted by atomic mass is 10.1. The normalized spacial score (nSPS) is 11.9. The zero-order valence-electron chi connectivity index (χ0n) is 11.2. The molecule has 0 radical (unpaired) electrons. The van der Waals surface area contributed by atoms with E-state index in [1.807, 2.05) is 30.3 Å². The van der Waals surface area contributed by atoms with Gasteiger partial charge in [-0.2, -0.15) is 0 Å². The first-order valence-electron chi connectivity index (χ1n) is 6.49. The van der Waals surface area contributed by atoms with E-state index in [0.29, 0.717) is 12.3 Å². The largest absolute Gasteiger partial charge is 0.507 e. The molecule has 21 heavy (non-hydrogen) atoms. The van der Waals surface area contributed by atoms with Crippen LogP contribution in [0.3, 0.4) is 0 Å². The summed E-state index contributed by atoms with van der Waals surface area (Å²) in [6.45, 7) is 0. The van der Waals surface area contributed by atoms with Gasteiger partial charge in [0.1, 0.15) is 5.75 Å². The molecule has 2 N–H and O–H groups in total. The Morgan fingerprint density at radius 3 is 2.62 bits per heavy atom. The van der Waals surface area contributed by atoms with Crippen LogP contribution in [0.5, 0.6) is 5.75 Å². The first-order chi connectivity index (χ1) is 10.1. The SMILES string of the molecule is O=C(NC(CCl)Cc1ccccc1)c1cc(Br)ccc1O. The molecule has 0 aliphatic rings. The summed E-state index contributed by atoms with van der Waals surface area (Å²) in [5.41, 5.74) is 1.33. The average molecular weight is 369 g/mol. The highest BCUT2D eigenvalue weighted by molar-refractivity contribution is 9.10. The Morgan fingerprint density at radius 2 is 1.95 bits per heavy atom. The van der Waals surface area contributed by atoms with E-state index in [9.17, 15) is 9.90 Å². The first kappa shape index (κ1) is 15.9. The molecule has 0 fully saturated rings. The maximum absolute atomic E-state index is 12.2. The molecule has 3 nitrogen and oxygen atoms in total. The highest BCUT2D eigenvalue weighted by Crippen LogP contribution is 2.22. The van der Waals surface area contributed by atoms with Crippen LogP contribution in [0.4, 0.5) is 0 Å². The lowest BCUT2D eigenvalue weighted by molar-refractivity contribution is 0.0938. The molecule has 5 heteroatoms. The maximum atomic E-state index is 12.2. The Hall–Kier alpha value is -1.52. The standard InChI is InChI=1S/C16H15BrClNO2/c17-12-6-7-15(20)14(9-12)16(21)19-13(10-18)8-11-4-2-1-3-5-11/h1-7,9,13,20H,8,10H2,(H,19,21). The van der Waals surface area contributed by atoms with Gasteiger partial charge in [-0.05, 0) is 30.2 Å². The van der Waals surface area contributed by atoms with Gasteiger partial charge in [-0.15, -0.1) is 11.6 Å². The van der Waals surface area contributed by atoms with E-state index in [4.69, 9.17) is 11.6 Å². The van der Waals surface area contributed by atoms with Crippen LogP contribution in [0.15, 0.2) is 53.0 Å². The van der Waals surface area contributed by atoms with Gasteiger partial charge in [0.2, 0.25) is 0 Å². The minimum Gasteiger partial charge on any atom is -0.507 e. The molecule has 110 valence electrons. The van der Waals surface area contributed by atoms with E-state index >= 15 is 0 Å². The van der Waals surface area contributed by atoms with Crippen molar-refractivity contribution in [3.63, 3.8) is 0 Å². The number of rotatable bonds is 5. The molecule has 0 spiro atoms. The number of hydrogen-bond acceptors (Lipinski definition) is 2.